The average Bonchev–Trinajstić information content (AvgIpc) is 2.81. The van der Waals surface area contributed by atoms with Crippen molar-refractivity contribution in [1.29, 1.82) is 5.26 Å². The zero-order chi connectivity index (χ0) is 25.5. The summed E-state index contributed by atoms with van der Waals surface area (Å²) in [5.74, 6) is -0.500. The number of benzene rings is 1. The van der Waals surface area contributed by atoms with Crippen LogP contribution >= 0.6 is 0 Å². The standard InChI is InChI=1S/C26H29BN4O5/c1-25(2)14-34-27(35-15-25)18-7-16(13-28)6-17(8-18)23(33)31-19-9-26(10-19)11-20(12-26)36-24-21(22(29)32)4-3-5-30-24/h3-8,19-20H,9-12,14-15H2,1-2H3,(H2,29,32)(H,31,33). The molecule has 2 amide bonds. The minimum atomic E-state index is -0.592. The molecule has 0 radical (unpaired) electrons. The van der Waals surface area contributed by atoms with E-state index in [1.165, 1.54) is 0 Å². The number of nitrogens with one attached hydrogen (secondary N) is 1. The molecule has 2 heterocycles. The van der Waals surface area contributed by atoms with Gasteiger partial charge in [0.05, 0.1) is 11.6 Å². The van der Waals surface area contributed by atoms with Gasteiger partial charge in [0.1, 0.15) is 11.7 Å². The summed E-state index contributed by atoms with van der Waals surface area (Å²) in [6.45, 7) is 5.20. The number of hydrogen-bond donors (Lipinski definition) is 2. The number of carbonyl (C=O) groups excluding carboxylic acids is 2. The summed E-state index contributed by atoms with van der Waals surface area (Å²) in [5.41, 5.74) is 7.24. The maximum atomic E-state index is 13.0. The third-order valence-corrected chi connectivity index (χ3v) is 7.20. The van der Waals surface area contributed by atoms with E-state index < -0.39 is 13.0 Å². The number of ether oxygens (including phenoxy) is 1. The number of nitrogens with zero attached hydrogens (tertiary/aromatic N) is 2. The van der Waals surface area contributed by atoms with Gasteiger partial charge in [-0.2, -0.15) is 5.26 Å². The lowest BCUT2D eigenvalue weighted by Gasteiger charge is -2.57. The normalized spacial score (nSPS) is 26.3. The van der Waals surface area contributed by atoms with Gasteiger partial charge in [-0.3, -0.25) is 9.59 Å². The second-order valence-electron chi connectivity index (χ2n) is 11.0. The highest BCUT2D eigenvalue weighted by Crippen LogP contribution is 2.56. The van der Waals surface area contributed by atoms with Crippen molar-refractivity contribution >= 4 is 24.4 Å². The van der Waals surface area contributed by atoms with Gasteiger partial charge in [0.15, 0.2) is 0 Å². The SMILES string of the molecule is CC1(C)COB(c2cc(C#N)cc(C(=O)NC3CC4(C3)CC(Oc3ncccc3C(N)=O)C4)c2)OC1. The molecule has 36 heavy (non-hydrogen) atoms. The molecule has 2 saturated carbocycles. The van der Waals surface area contributed by atoms with E-state index >= 15 is 0 Å². The molecule has 0 atom stereocenters. The monoisotopic (exact) mass is 488 g/mol. The first-order chi connectivity index (χ1) is 17.2. The number of amides is 2. The number of hydrogen-bond acceptors (Lipinski definition) is 7. The predicted molar refractivity (Wildman–Crippen MR) is 132 cm³/mol. The van der Waals surface area contributed by atoms with Crippen LogP contribution in [0.15, 0.2) is 36.5 Å². The summed E-state index contributed by atoms with van der Waals surface area (Å²) >= 11 is 0. The molecule has 3 N–H and O–H groups in total. The van der Waals surface area contributed by atoms with E-state index in [0.717, 1.165) is 25.7 Å². The highest BCUT2D eigenvalue weighted by Gasteiger charge is 2.54. The third-order valence-electron chi connectivity index (χ3n) is 7.20. The van der Waals surface area contributed by atoms with Crippen LogP contribution in [0.4, 0.5) is 0 Å². The van der Waals surface area contributed by atoms with Crippen molar-refractivity contribution in [3.63, 3.8) is 0 Å². The summed E-state index contributed by atoms with van der Waals surface area (Å²) in [5, 5.41) is 12.6. The van der Waals surface area contributed by atoms with E-state index in [-0.39, 0.29) is 40.3 Å². The van der Waals surface area contributed by atoms with Crippen LogP contribution in [0.2, 0.25) is 0 Å². The molecule has 1 aromatic carbocycles. The van der Waals surface area contributed by atoms with Crippen molar-refractivity contribution in [2.75, 3.05) is 13.2 Å². The van der Waals surface area contributed by atoms with Crippen molar-refractivity contribution in [1.82, 2.24) is 10.3 Å². The molecular weight excluding hydrogens is 459 g/mol. The molecule has 3 aliphatic rings. The fraction of sp³-hybridized carbons (Fsp3) is 0.462. The summed E-state index contributed by atoms with van der Waals surface area (Å²) in [6.07, 6.45) is 4.95. The van der Waals surface area contributed by atoms with Gasteiger partial charge >= 0.3 is 7.12 Å². The van der Waals surface area contributed by atoms with Crippen LogP contribution in [0.3, 0.4) is 0 Å². The van der Waals surface area contributed by atoms with E-state index in [0.29, 0.717) is 29.8 Å². The maximum absolute atomic E-state index is 13.0. The van der Waals surface area contributed by atoms with E-state index in [2.05, 4.69) is 30.2 Å². The summed E-state index contributed by atoms with van der Waals surface area (Å²) in [6, 6.07) is 10.5. The Balaban J connectivity index is 1.15. The number of nitrogens with two attached hydrogens (primary N) is 1. The topological polar surface area (TPSA) is 137 Å². The van der Waals surface area contributed by atoms with Gasteiger partial charge in [0, 0.05) is 36.4 Å². The molecule has 1 aromatic heterocycles. The second-order valence-corrected chi connectivity index (χ2v) is 11.0. The second kappa shape index (κ2) is 9.23. The molecule has 10 heteroatoms. The fourth-order valence-corrected chi connectivity index (χ4v) is 5.38. The Bertz CT molecular complexity index is 1220. The van der Waals surface area contributed by atoms with Crippen molar-refractivity contribution in [3.05, 3.63) is 53.2 Å². The predicted octanol–water partition coefficient (Wildman–Crippen LogP) is 1.94. The number of carbonyl (C=O) groups is 2. The number of aromatic nitrogens is 1. The first-order valence-electron chi connectivity index (χ1n) is 12.2. The van der Waals surface area contributed by atoms with Crippen LogP contribution < -0.4 is 21.3 Å². The summed E-state index contributed by atoms with van der Waals surface area (Å²) in [7, 11) is -0.592. The van der Waals surface area contributed by atoms with Gasteiger partial charge in [-0.1, -0.05) is 13.8 Å². The molecule has 2 aromatic rings. The molecule has 0 unspecified atom stereocenters. The first-order valence-corrected chi connectivity index (χ1v) is 12.2. The van der Waals surface area contributed by atoms with Crippen molar-refractivity contribution in [2.45, 2.75) is 51.7 Å². The maximum Gasteiger partial charge on any atom is 0.493 e. The lowest BCUT2D eigenvalue weighted by atomic mass is 9.53. The molecule has 1 saturated heterocycles. The van der Waals surface area contributed by atoms with Crippen molar-refractivity contribution in [3.8, 4) is 11.9 Å². The van der Waals surface area contributed by atoms with E-state index in [4.69, 9.17) is 19.8 Å². The van der Waals surface area contributed by atoms with Crippen LogP contribution in [0, 0.1) is 22.2 Å². The minimum Gasteiger partial charge on any atom is -0.474 e. The Labute approximate surface area is 210 Å². The Morgan fingerprint density at radius 1 is 1.19 bits per heavy atom. The van der Waals surface area contributed by atoms with Gasteiger partial charge in [-0.15, -0.1) is 0 Å². The number of rotatable bonds is 6. The zero-order valence-corrected chi connectivity index (χ0v) is 20.5. The smallest absolute Gasteiger partial charge is 0.474 e. The lowest BCUT2D eigenvalue weighted by molar-refractivity contribution is -0.0848. The van der Waals surface area contributed by atoms with Gasteiger partial charge < -0.3 is 25.1 Å². The molecular formula is C26H29BN4O5. The fourth-order valence-electron chi connectivity index (χ4n) is 5.38. The van der Waals surface area contributed by atoms with E-state index in [1.54, 1.807) is 36.5 Å². The van der Waals surface area contributed by atoms with Gasteiger partial charge in [0.25, 0.3) is 11.8 Å². The molecule has 2 aliphatic carbocycles. The molecule has 0 bridgehead atoms. The summed E-state index contributed by atoms with van der Waals surface area (Å²) in [4.78, 5) is 28.7. The van der Waals surface area contributed by atoms with Crippen LogP contribution in [-0.2, 0) is 9.31 Å². The van der Waals surface area contributed by atoms with Gasteiger partial charge in [-0.05, 0) is 66.9 Å². The van der Waals surface area contributed by atoms with E-state index in [1.807, 2.05) is 0 Å². The number of primary amides is 1. The van der Waals surface area contributed by atoms with Crippen molar-refractivity contribution < 1.29 is 23.6 Å². The van der Waals surface area contributed by atoms with Gasteiger partial charge in [-0.25, -0.2) is 4.98 Å². The van der Waals surface area contributed by atoms with Crippen molar-refractivity contribution in [2.24, 2.45) is 16.6 Å². The Morgan fingerprint density at radius 2 is 1.92 bits per heavy atom. The molecule has 186 valence electrons. The Hall–Kier alpha value is -3.42. The highest BCUT2D eigenvalue weighted by atomic mass is 16.6. The van der Waals surface area contributed by atoms with E-state index in [9.17, 15) is 14.9 Å². The Morgan fingerprint density at radius 3 is 2.58 bits per heavy atom. The van der Waals surface area contributed by atoms with Crippen LogP contribution in [0.1, 0.15) is 65.8 Å². The number of nitriles is 1. The minimum absolute atomic E-state index is 0.0232. The van der Waals surface area contributed by atoms with Crippen LogP contribution in [0.25, 0.3) is 0 Å². The average molecular weight is 488 g/mol. The zero-order valence-electron chi connectivity index (χ0n) is 20.5. The van der Waals surface area contributed by atoms with Crippen LogP contribution in [-0.4, -0.2) is 49.3 Å². The first kappa shape index (κ1) is 24.3. The van der Waals surface area contributed by atoms with Gasteiger partial charge in [0.2, 0.25) is 5.88 Å². The molecule has 3 fully saturated rings. The number of pyridine rings is 1. The van der Waals surface area contributed by atoms with Crippen LogP contribution in [0.5, 0.6) is 5.88 Å². The molecule has 5 rings (SSSR count). The molecule has 1 aliphatic heterocycles. The summed E-state index contributed by atoms with van der Waals surface area (Å²) < 4.78 is 17.6. The molecule has 9 nitrogen and oxygen atoms in total. The Kier molecular flexibility index (Phi) is 6.23. The lowest BCUT2D eigenvalue weighted by Crippen LogP contribution is -2.58. The third kappa shape index (κ3) is 4.94. The largest absolute Gasteiger partial charge is 0.493 e. The quantitative estimate of drug-likeness (QED) is 0.593. The molecule has 1 spiro atoms. The highest BCUT2D eigenvalue weighted by molar-refractivity contribution is 6.61.